The zero-order valence-corrected chi connectivity index (χ0v) is 11.9. The van der Waals surface area contributed by atoms with Gasteiger partial charge in [-0.3, -0.25) is 0 Å². The molecule has 0 bridgehead atoms. The monoisotopic (exact) mass is 289 g/mol. The van der Waals surface area contributed by atoms with E-state index in [1.165, 1.54) is 13.3 Å². The summed E-state index contributed by atoms with van der Waals surface area (Å²) < 4.78 is 33.3. The van der Waals surface area contributed by atoms with Gasteiger partial charge in [-0.25, -0.2) is 8.42 Å². The van der Waals surface area contributed by atoms with Gasteiger partial charge in [-0.05, 0) is 26.2 Å². The molecule has 0 aliphatic heterocycles. The molecule has 1 aromatic heterocycles. The summed E-state index contributed by atoms with van der Waals surface area (Å²) in [7, 11) is -3.26. The molecule has 2 rings (SSSR count). The fourth-order valence-corrected chi connectivity index (χ4v) is 2.06. The second kappa shape index (κ2) is 5.56. The summed E-state index contributed by atoms with van der Waals surface area (Å²) in [4.78, 5) is 4.04. The van der Waals surface area contributed by atoms with Gasteiger partial charge in [0, 0.05) is 6.26 Å². The molecule has 1 aliphatic rings. The van der Waals surface area contributed by atoms with Crippen LogP contribution in [0.3, 0.4) is 0 Å². The molecule has 108 valence electrons. The van der Waals surface area contributed by atoms with Gasteiger partial charge in [0.05, 0.1) is 18.8 Å². The lowest BCUT2D eigenvalue weighted by Crippen LogP contribution is -2.27. The number of sulfone groups is 1. The van der Waals surface area contributed by atoms with E-state index in [9.17, 15) is 8.42 Å². The molecule has 7 nitrogen and oxygen atoms in total. The Balaban J connectivity index is 1.95. The number of rotatable bonds is 6. The van der Waals surface area contributed by atoms with Crippen LogP contribution in [0.5, 0.6) is 0 Å². The highest BCUT2D eigenvalue weighted by molar-refractivity contribution is 7.90. The fourth-order valence-electron chi connectivity index (χ4n) is 1.60. The molecule has 0 saturated heterocycles. The van der Waals surface area contributed by atoms with Gasteiger partial charge in [-0.15, -0.1) is 0 Å². The van der Waals surface area contributed by atoms with Crippen LogP contribution >= 0.6 is 0 Å². The predicted molar refractivity (Wildman–Crippen MR) is 68.1 cm³/mol. The van der Waals surface area contributed by atoms with Crippen molar-refractivity contribution in [3.8, 4) is 0 Å². The predicted octanol–water partition coefficient (Wildman–Crippen LogP) is 0.744. The van der Waals surface area contributed by atoms with Crippen molar-refractivity contribution in [1.29, 1.82) is 0 Å². The van der Waals surface area contributed by atoms with E-state index >= 15 is 0 Å². The highest BCUT2D eigenvalue weighted by Crippen LogP contribution is 2.24. The highest BCUT2D eigenvalue weighted by Gasteiger charge is 2.26. The molecule has 1 fully saturated rings. The van der Waals surface area contributed by atoms with Crippen LogP contribution in [0.1, 0.15) is 49.2 Å². The van der Waals surface area contributed by atoms with Gasteiger partial charge in [-0.1, -0.05) is 5.16 Å². The molecule has 1 aliphatic carbocycles. The van der Waals surface area contributed by atoms with E-state index in [0.29, 0.717) is 6.61 Å². The first-order valence-electron chi connectivity index (χ1n) is 6.27. The van der Waals surface area contributed by atoms with Crippen molar-refractivity contribution in [3.05, 3.63) is 11.7 Å². The van der Waals surface area contributed by atoms with Gasteiger partial charge in [0.15, 0.2) is 15.7 Å². The van der Waals surface area contributed by atoms with Crippen molar-refractivity contribution in [2.45, 2.75) is 43.6 Å². The summed E-state index contributed by atoms with van der Waals surface area (Å²) in [5.74, 6) is 0.349. The van der Waals surface area contributed by atoms with Crippen LogP contribution in [0.15, 0.2) is 4.52 Å². The maximum atomic E-state index is 11.4. The van der Waals surface area contributed by atoms with E-state index in [1.807, 2.05) is 0 Å². The Morgan fingerprint density at radius 3 is 2.74 bits per heavy atom. The van der Waals surface area contributed by atoms with Gasteiger partial charge in [0.2, 0.25) is 5.89 Å². The van der Waals surface area contributed by atoms with Crippen LogP contribution in [0.4, 0.5) is 0 Å². The molecule has 0 radical (unpaired) electrons. The third kappa shape index (κ3) is 3.52. The number of nitrogens with zero attached hydrogens (tertiary/aromatic N) is 2. The lowest BCUT2D eigenvalue weighted by Gasteiger charge is -2.26. The molecule has 19 heavy (non-hydrogen) atoms. The molecule has 8 heteroatoms. The van der Waals surface area contributed by atoms with Crippen LogP contribution < -0.4 is 5.73 Å². The number of hydrogen-bond donors (Lipinski definition) is 1. The SMILES string of the molecule is CC(c1nc(C(N)COC2CCC2)no1)S(C)(=O)=O. The molecule has 2 atom stereocenters. The molecule has 1 aromatic rings. The van der Waals surface area contributed by atoms with Crippen LogP contribution in [0, 0.1) is 0 Å². The molecule has 1 heterocycles. The number of hydrogen-bond acceptors (Lipinski definition) is 7. The van der Waals surface area contributed by atoms with E-state index in [-0.39, 0.29) is 17.8 Å². The van der Waals surface area contributed by atoms with E-state index in [2.05, 4.69) is 10.1 Å². The van der Waals surface area contributed by atoms with Crippen LogP contribution in [-0.4, -0.2) is 37.5 Å². The minimum Gasteiger partial charge on any atom is -0.376 e. The second-order valence-electron chi connectivity index (χ2n) is 4.96. The minimum atomic E-state index is -3.26. The average Bonchev–Trinajstić information content (AvgIpc) is 2.73. The van der Waals surface area contributed by atoms with Crippen molar-refractivity contribution in [3.63, 3.8) is 0 Å². The van der Waals surface area contributed by atoms with E-state index in [1.54, 1.807) is 0 Å². The molecule has 2 unspecified atom stereocenters. The van der Waals surface area contributed by atoms with Crippen molar-refractivity contribution >= 4 is 9.84 Å². The summed E-state index contributed by atoms with van der Waals surface area (Å²) in [6.45, 7) is 1.82. The van der Waals surface area contributed by atoms with E-state index in [4.69, 9.17) is 15.0 Å². The molecule has 1 saturated carbocycles. The van der Waals surface area contributed by atoms with Gasteiger partial charge < -0.3 is 15.0 Å². The summed E-state index contributed by atoms with van der Waals surface area (Å²) in [5, 5.41) is 2.89. The Morgan fingerprint density at radius 2 is 2.21 bits per heavy atom. The number of aromatic nitrogens is 2. The van der Waals surface area contributed by atoms with E-state index in [0.717, 1.165) is 19.1 Å². The Labute approximate surface area is 112 Å². The first-order chi connectivity index (χ1) is 8.88. The lowest BCUT2D eigenvalue weighted by atomic mass is 9.96. The molecule has 2 N–H and O–H groups in total. The van der Waals surface area contributed by atoms with Crippen molar-refractivity contribution in [2.75, 3.05) is 12.9 Å². The molecular formula is C11H19N3O4S. The summed E-state index contributed by atoms with van der Waals surface area (Å²) in [6, 6.07) is -0.495. The number of ether oxygens (including phenoxy) is 1. The quantitative estimate of drug-likeness (QED) is 0.822. The third-order valence-electron chi connectivity index (χ3n) is 3.34. The van der Waals surface area contributed by atoms with Crippen molar-refractivity contribution < 1.29 is 17.7 Å². The van der Waals surface area contributed by atoms with Gasteiger partial charge in [0.25, 0.3) is 0 Å². The van der Waals surface area contributed by atoms with Crippen LogP contribution in [0.25, 0.3) is 0 Å². The Morgan fingerprint density at radius 1 is 1.53 bits per heavy atom. The first-order valence-corrected chi connectivity index (χ1v) is 8.23. The maximum absolute atomic E-state index is 11.4. The smallest absolute Gasteiger partial charge is 0.244 e. The van der Waals surface area contributed by atoms with Crippen LogP contribution in [0.2, 0.25) is 0 Å². The Hall–Kier alpha value is -0.990. The summed E-state index contributed by atoms with van der Waals surface area (Å²) in [6.07, 6.45) is 4.73. The number of nitrogens with two attached hydrogens (primary N) is 1. The second-order valence-corrected chi connectivity index (χ2v) is 7.32. The standard InChI is InChI=1S/C11H19N3O4S/c1-7(19(2,15)16)11-13-10(14-18-11)9(12)6-17-8-4-3-5-8/h7-9H,3-6,12H2,1-2H3. The van der Waals surface area contributed by atoms with Crippen molar-refractivity contribution in [1.82, 2.24) is 10.1 Å². The normalized spacial score (nSPS) is 19.9. The zero-order valence-electron chi connectivity index (χ0n) is 11.1. The molecular weight excluding hydrogens is 270 g/mol. The maximum Gasteiger partial charge on any atom is 0.244 e. The van der Waals surface area contributed by atoms with Gasteiger partial charge >= 0.3 is 0 Å². The third-order valence-corrected chi connectivity index (χ3v) is 4.83. The topological polar surface area (TPSA) is 108 Å². The van der Waals surface area contributed by atoms with Gasteiger partial charge in [-0.2, -0.15) is 4.98 Å². The van der Waals surface area contributed by atoms with Crippen LogP contribution in [-0.2, 0) is 14.6 Å². The Bertz CT molecular complexity index is 524. The lowest BCUT2D eigenvalue weighted by molar-refractivity contribution is -0.00549. The zero-order chi connectivity index (χ0) is 14.0. The molecule has 0 amide bonds. The first kappa shape index (κ1) is 14.4. The van der Waals surface area contributed by atoms with Crippen molar-refractivity contribution in [2.24, 2.45) is 5.73 Å². The summed E-state index contributed by atoms with van der Waals surface area (Å²) >= 11 is 0. The highest BCUT2D eigenvalue weighted by atomic mass is 32.2. The molecule has 0 spiro atoms. The summed E-state index contributed by atoms with van der Waals surface area (Å²) in [5.41, 5.74) is 5.89. The minimum absolute atomic E-state index is 0.0663. The Kier molecular flexibility index (Phi) is 4.22. The molecule has 0 aromatic carbocycles. The average molecular weight is 289 g/mol. The largest absolute Gasteiger partial charge is 0.376 e. The van der Waals surface area contributed by atoms with Gasteiger partial charge in [0.1, 0.15) is 5.25 Å². The fraction of sp³-hybridized carbons (Fsp3) is 0.818. The van der Waals surface area contributed by atoms with E-state index < -0.39 is 21.1 Å².